The van der Waals surface area contributed by atoms with E-state index in [1.165, 1.54) is 0 Å². The van der Waals surface area contributed by atoms with E-state index in [1.807, 2.05) is 36.4 Å². The largest absolute Gasteiger partial charge is 0.338 e. The van der Waals surface area contributed by atoms with Gasteiger partial charge in [0.05, 0.1) is 15.0 Å². The molecule has 0 amide bonds. The maximum absolute atomic E-state index is 5.23. The Bertz CT molecular complexity index is 1650. The van der Waals surface area contributed by atoms with Crippen LogP contribution in [0.3, 0.4) is 0 Å². The zero-order chi connectivity index (χ0) is 25.2. The van der Waals surface area contributed by atoms with E-state index in [4.69, 9.17) is 9.98 Å². The number of nitrogens with one attached hydrogen (secondary N) is 1. The summed E-state index contributed by atoms with van der Waals surface area (Å²) >= 11 is 4.86. The number of allylic oxidation sites excluding steroid dienone is 1. The topological polar surface area (TPSA) is 40.5 Å². The molecule has 5 heteroatoms. The molecule has 0 saturated carbocycles. The summed E-state index contributed by atoms with van der Waals surface area (Å²) in [6.45, 7) is 0. The van der Waals surface area contributed by atoms with Crippen molar-refractivity contribution in [3.8, 4) is 22.4 Å². The van der Waals surface area contributed by atoms with Crippen LogP contribution in [0.25, 0.3) is 28.0 Å². The van der Waals surface area contributed by atoms with Gasteiger partial charge < -0.3 is 4.98 Å². The summed E-state index contributed by atoms with van der Waals surface area (Å²) in [6.07, 6.45) is 0. The number of aliphatic imine (C=N–C) groups is 2. The minimum atomic E-state index is 0.712. The van der Waals surface area contributed by atoms with E-state index in [0.717, 1.165) is 57.8 Å². The van der Waals surface area contributed by atoms with E-state index in [-0.39, 0.29) is 0 Å². The van der Waals surface area contributed by atoms with Crippen molar-refractivity contribution >= 4 is 68.1 Å². The molecule has 1 aliphatic rings. The van der Waals surface area contributed by atoms with Crippen LogP contribution in [-0.2, 0) is 0 Å². The maximum atomic E-state index is 5.23. The SMILES string of the molecule is IC1=C(c2ccccc2)/C(=N/c2[nH]c(-c3ccccc3)c(I)c2-c2ccccc2)N=C1c1ccccc1. The second kappa shape index (κ2) is 10.6. The highest BCUT2D eigenvalue weighted by Gasteiger charge is 2.27. The van der Waals surface area contributed by atoms with Crippen molar-refractivity contribution in [2.45, 2.75) is 0 Å². The monoisotopic (exact) mass is 701 g/mol. The highest BCUT2D eigenvalue weighted by atomic mass is 127. The van der Waals surface area contributed by atoms with Gasteiger partial charge in [0, 0.05) is 20.3 Å². The fourth-order valence-corrected chi connectivity index (χ4v) is 6.48. The van der Waals surface area contributed by atoms with E-state index in [2.05, 4.69) is 135 Å². The van der Waals surface area contributed by atoms with Crippen molar-refractivity contribution in [2.75, 3.05) is 0 Å². The van der Waals surface area contributed by atoms with Gasteiger partial charge in [-0.15, -0.1) is 0 Å². The molecular formula is C32H21I2N3. The number of aromatic nitrogens is 1. The molecule has 0 radical (unpaired) electrons. The first-order valence-electron chi connectivity index (χ1n) is 11.9. The van der Waals surface area contributed by atoms with Crippen molar-refractivity contribution < 1.29 is 0 Å². The van der Waals surface area contributed by atoms with Gasteiger partial charge in [-0.05, 0) is 61.9 Å². The molecule has 1 N–H and O–H groups in total. The minimum Gasteiger partial charge on any atom is -0.338 e. The first-order chi connectivity index (χ1) is 18.2. The molecule has 3 nitrogen and oxygen atoms in total. The molecule has 1 aliphatic heterocycles. The maximum Gasteiger partial charge on any atom is 0.163 e. The van der Waals surface area contributed by atoms with Crippen LogP contribution in [0.15, 0.2) is 135 Å². The number of H-pyrrole nitrogens is 1. The molecular weight excluding hydrogens is 680 g/mol. The zero-order valence-corrected chi connectivity index (χ0v) is 24.0. The van der Waals surface area contributed by atoms with Crippen molar-refractivity contribution in [3.05, 3.63) is 140 Å². The normalized spacial score (nSPS) is 14.3. The van der Waals surface area contributed by atoms with E-state index >= 15 is 0 Å². The van der Waals surface area contributed by atoms with Crippen molar-refractivity contribution in [1.82, 2.24) is 4.98 Å². The summed E-state index contributed by atoms with van der Waals surface area (Å²) in [7, 11) is 0. The Morgan fingerprint density at radius 2 is 1.05 bits per heavy atom. The van der Waals surface area contributed by atoms with E-state index < -0.39 is 0 Å². The van der Waals surface area contributed by atoms with Crippen molar-refractivity contribution in [3.63, 3.8) is 0 Å². The van der Waals surface area contributed by atoms with Gasteiger partial charge in [-0.25, -0.2) is 9.98 Å². The molecule has 178 valence electrons. The average molecular weight is 701 g/mol. The molecule has 0 saturated heterocycles. The van der Waals surface area contributed by atoms with Gasteiger partial charge in [0.1, 0.15) is 5.82 Å². The average Bonchev–Trinajstić information content (AvgIpc) is 3.46. The van der Waals surface area contributed by atoms with Crippen LogP contribution in [0, 0.1) is 3.57 Å². The molecule has 2 heterocycles. The van der Waals surface area contributed by atoms with E-state index in [9.17, 15) is 0 Å². The van der Waals surface area contributed by atoms with E-state index in [1.54, 1.807) is 0 Å². The van der Waals surface area contributed by atoms with Crippen molar-refractivity contribution in [2.24, 2.45) is 9.98 Å². The summed E-state index contributed by atoms with van der Waals surface area (Å²) in [5.74, 6) is 1.52. The Morgan fingerprint density at radius 1 is 0.568 bits per heavy atom. The Hall–Kier alpha value is -3.30. The number of hydrogen-bond acceptors (Lipinski definition) is 1. The van der Waals surface area contributed by atoms with Crippen LogP contribution < -0.4 is 0 Å². The fourth-order valence-electron chi connectivity index (χ4n) is 4.48. The summed E-state index contributed by atoms with van der Waals surface area (Å²) in [6, 6.07) is 41.6. The fraction of sp³-hybridized carbons (Fsp3) is 0. The second-order valence-electron chi connectivity index (χ2n) is 8.59. The third kappa shape index (κ3) is 4.73. The molecule has 37 heavy (non-hydrogen) atoms. The molecule has 0 spiro atoms. The third-order valence-corrected chi connectivity index (χ3v) is 8.37. The van der Waals surface area contributed by atoms with Gasteiger partial charge in [0.15, 0.2) is 5.84 Å². The van der Waals surface area contributed by atoms with Gasteiger partial charge in [0.2, 0.25) is 0 Å². The van der Waals surface area contributed by atoms with Crippen LogP contribution >= 0.6 is 45.2 Å². The predicted molar refractivity (Wildman–Crippen MR) is 172 cm³/mol. The molecule has 0 aliphatic carbocycles. The zero-order valence-electron chi connectivity index (χ0n) is 19.7. The van der Waals surface area contributed by atoms with Gasteiger partial charge >= 0.3 is 0 Å². The summed E-state index contributed by atoms with van der Waals surface area (Å²) < 4.78 is 2.24. The van der Waals surface area contributed by atoms with Crippen LogP contribution in [0.4, 0.5) is 5.82 Å². The minimum absolute atomic E-state index is 0.712. The Morgan fingerprint density at radius 3 is 1.62 bits per heavy atom. The van der Waals surface area contributed by atoms with Crippen LogP contribution in [0.5, 0.6) is 0 Å². The molecule has 0 unspecified atom stereocenters. The summed E-state index contributed by atoms with van der Waals surface area (Å²) in [5, 5.41) is 0. The lowest BCUT2D eigenvalue weighted by molar-refractivity contribution is 1.33. The number of halogens is 2. The van der Waals surface area contributed by atoms with Crippen LogP contribution in [0.2, 0.25) is 0 Å². The molecule has 0 atom stereocenters. The number of hydrogen-bond donors (Lipinski definition) is 1. The quantitative estimate of drug-likeness (QED) is 0.178. The second-order valence-corrected chi connectivity index (χ2v) is 10.7. The molecule has 4 aromatic carbocycles. The number of amidine groups is 1. The first-order valence-corrected chi connectivity index (χ1v) is 14.1. The van der Waals surface area contributed by atoms with Crippen molar-refractivity contribution in [1.29, 1.82) is 0 Å². The Balaban J connectivity index is 1.58. The van der Waals surface area contributed by atoms with Crippen LogP contribution in [-0.4, -0.2) is 16.5 Å². The molecule has 5 aromatic rings. The number of nitrogens with zero attached hydrogens (tertiary/aromatic N) is 2. The molecule has 0 bridgehead atoms. The lowest BCUT2D eigenvalue weighted by atomic mass is 10.0. The predicted octanol–water partition coefficient (Wildman–Crippen LogP) is 9.33. The third-order valence-electron chi connectivity index (χ3n) is 6.24. The lowest BCUT2D eigenvalue weighted by Crippen LogP contribution is -1.97. The van der Waals surface area contributed by atoms with Gasteiger partial charge in [-0.1, -0.05) is 121 Å². The first kappa shape index (κ1) is 24.1. The van der Waals surface area contributed by atoms with Crippen LogP contribution in [0.1, 0.15) is 11.1 Å². The Labute approximate surface area is 243 Å². The van der Waals surface area contributed by atoms with Gasteiger partial charge in [-0.3, -0.25) is 0 Å². The van der Waals surface area contributed by atoms with E-state index in [0.29, 0.717) is 5.84 Å². The number of aromatic amines is 1. The highest BCUT2D eigenvalue weighted by molar-refractivity contribution is 14.1. The lowest BCUT2D eigenvalue weighted by Gasteiger charge is -2.06. The summed E-state index contributed by atoms with van der Waals surface area (Å²) in [4.78, 5) is 14.0. The molecule has 1 aromatic heterocycles. The number of rotatable bonds is 5. The van der Waals surface area contributed by atoms with Gasteiger partial charge in [-0.2, -0.15) is 0 Å². The van der Waals surface area contributed by atoms with Gasteiger partial charge in [0.25, 0.3) is 0 Å². The standard InChI is InChI=1S/C32H21I2N3/c33-27-25(21-13-5-1-6-14-21)31(35-29(27)23-17-9-3-10-18-23)37-32-26(22-15-7-2-8-16-22)28(34)30(36-32)24-19-11-4-12-20-24/h1-20,35H/b37-32-. The summed E-state index contributed by atoms with van der Waals surface area (Å²) in [5.41, 5.74) is 8.57. The number of benzene rings is 4. The molecule has 0 fully saturated rings. The smallest absolute Gasteiger partial charge is 0.163 e. The molecule has 6 rings (SSSR count). The highest BCUT2D eigenvalue weighted by Crippen LogP contribution is 2.42. The Kier molecular flexibility index (Phi) is 6.89.